The first-order valence-corrected chi connectivity index (χ1v) is 5.31. The Labute approximate surface area is 95.1 Å². The average molecular weight is 216 g/mol. The van der Waals surface area contributed by atoms with Crippen LogP contribution in [0.5, 0.6) is 0 Å². The fourth-order valence-electron chi connectivity index (χ4n) is 1.50. The average Bonchev–Trinajstić information content (AvgIpc) is 2.76. The van der Waals surface area contributed by atoms with E-state index in [4.69, 9.17) is 5.73 Å². The van der Waals surface area contributed by atoms with Crippen LogP contribution in [0.3, 0.4) is 0 Å². The topological polar surface area (TPSA) is 55.9 Å². The van der Waals surface area contributed by atoms with E-state index < -0.39 is 0 Å². The molecule has 1 aromatic heterocycles. The molecule has 0 amide bonds. The third kappa shape index (κ3) is 2.53. The van der Waals surface area contributed by atoms with Crippen LogP contribution < -0.4 is 11.1 Å². The van der Waals surface area contributed by atoms with Crippen LogP contribution in [0.25, 0.3) is 0 Å². The van der Waals surface area contributed by atoms with Crippen LogP contribution >= 0.6 is 0 Å². The van der Waals surface area contributed by atoms with Gasteiger partial charge in [0.1, 0.15) is 0 Å². The van der Waals surface area contributed by atoms with Gasteiger partial charge in [0.2, 0.25) is 0 Å². The third-order valence-corrected chi connectivity index (χ3v) is 2.54. The van der Waals surface area contributed by atoms with Crippen LogP contribution in [0, 0.1) is 6.92 Å². The quantitative estimate of drug-likeness (QED) is 0.767. The molecule has 4 nitrogen and oxygen atoms in total. The molecule has 0 bridgehead atoms. The van der Waals surface area contributed by atoms with Crippen molar-refractivity contribution in [2.24, 2.45) is 0 Å². The highest BCUT2D eigenvalue weighted by Gasteiger charge is 1.96. The van der Waals surface area contributed by atoms with Gasteiger partial charge in [-0.3, -0.25) is 0 Å². The van der Waals surface area contributed by atoms with Gasteiger partial charge in [0.05, 0.1) is 6.33 Å². The molecule has 0 spiro atoms. The summed E-state index contributed by atoms with van der Waals surface area (Å²) < 4.78 is 2.03. The minimum absolute atomic E-state index is 0.827. The Morgan fingerprint density at radius 3 is 3.00 bits per heavy atom. The van der Waals surface area contributed by atoms with Crippen LogP contribution in [0.1, 0.15) is 5.56 Å². The standard InChI is InChI=1S/C12H16N4/c1-10-2-3-11(8-12(10)13)15-5-7-16-6-4-14-9-16/h2-4,6,8-9,15H,5,7,13H2,1H3. The number of aromatic nitrogens is 2. The highest BCUT2D eigenvalue weighted by Crippen LogP contribution is 2.16. The molecular formula is C12H16N4. The van der Waals surface area contributed by atoms with E-state index in [0.29, 0.717) is 0 Å². The molecule has 1 heterocycles. The Hall–Kier alpha value is -1.97. The Morgan fingerprint density at radius 2 is 2.31 bits per heavy atom. The molecule has 2 aromatic rings. The number of anilines is 2. The molecule has 0 fully saturated rings. The van der Waals surface area contributed by atoms with E-state index in [1.807, 2.05) is 42.2 Å². The molecule has 16 heavy (non-hydrogen) atoms. The SMILES string of the molecule is Cc1ccc(NCCn2ccnc2)cc1N. The zero-order valence-corrected chi connectivity index (χ0v) is 9.35. The first-order chi connectivity index (χ1) is 7.75. The second kappa shape index (κ2) is 4.70. The van der Waals surface area contributed by atoms with E-state index >= 15 is 0 Å². The van der Waals surface area contributed by atoms with Gasteiger partial charge >= 0.3 is 0 Å². The van der Waals surface area contributed by atoms with Crippen molar-refractivity contribution in [2.75, 3.05) is 17.6 Å². The molecule has 1 aromatic carbocycles. The van der Waals surface area contributed by atoms with Crippen molar-refractivity contribution in [2.45, 2.75) is 13.5 Å². The van der Waals surface area contributed by atoms with Gasteiger partial charge in [-0.05, 0) is 24.6 Å². The molecule has 0 saturated carbocycles. The predicted molar refractivity (Wildman–Crippen MR) is 66.3 cm³/mol. The smallest absolute Gasteiger partial charge is 0.0946 e. The maximum atomic E-state index is 5.83. The molecule has 0 aliphatic carbocycles. The van der Waals surface area contributed by atoms with E-state index in [9.17, 15) is 0 Å². The number of nitrogens with two attached hydrogens (primary N) is 1. The molecule has 0 radical (unpaired) electrons. The second-order valence-corrected chi connectivity index (χ2v) is 3.80. The van der Waals surface area contributed by atoms with Crippen LogP contribution in [0.2, 0.25) is 0 Å². The predicted octanol–water partition coefficient (Wildman–Crippen LogP) is 1.89. The Bertz CT molecular complexity index is 448. The number of nitrogen functional groups attached to an aromatic ring is 1. The monoisotopic (exact) mass is 216 g/mol. The van der Waals surface area contributed by atoms with Crippen molar-refractivity contribution in [1.82, 2.24) is 9.55 Å². The Balaban J connectivity index is 1.87. The van der Waals surface area contributed by atoms with Crippen molar-refractivity contribution in [3.8, 4) is 0 Å². The highest BCUT2D eigenvalue weighted by atomic mass is 15.0. The summed E-state index contributed by atoms with van der Waals surface area (Å²) in [6.45, 7) is 3.76. The van der Waals surface area contributed by atoms with Crippen molar-refractivity contribution in [3.63, 3.8) is 0 Å². The Morgan fingerprint density at radius 1 is 1.44 bits per heavy atom. The first kappa shape index (κ1) is 10.5. The summed E-state index contributed by atoms with van der Waals surface area (Å²) in [5.74, 6) is 0. The molecular weight excluding hydrogens is 200 g/mol. The van der Waals surface area contributed by atoms with E-state index in [0.717, 1.165) is 30.0 Å². The van der Waals surface area contributed by atoms with Crippen LogP contribution in [-0.2, 0) is 6.54 Å². The van der Waals surface area contributed by atoms with Gasteiger partial charge in [0.15, 0.2) is 0 Å². The fraction of sp³-hybridized carbons (Fsp3) is 0.250. The zero-order valence-electron chi connectivity index (χ0n) is 9.35. The number of benzene rings is 1. The lowest BCUT2D eigenvalue weighted by Gasteiger charge is -2.08. The molecule has 0 aliphatic rings. The summed E-state index contributed by atoms with van der Waals surface area (Å²) in [5, 5.41) is 3.32. The maximum Gasteiger partial charge on any atom is 0.0946 e. The van der Waals surface area contributed by atoms with Crippen LogP contribution in [0.15, 0.2) is 36.9 Å². The van der Waals surface area contributed by atoms with Crippen molar-refractivity contribution in [1.29, 1.82) is 0 Å². The molecule has 0 saturated heterocycles. The third-order valence-electron chi connectivity index (χ3n) is 2.54. The lowest BCUT2D eigenvalue weighted by molar-refractivity contribution is 0.727. The van der Waals surface area contributed by atoms with Crippen molar-refractivity contribution in [3.05, 3.63) is 42.5 Å². The summed E-state index contributed by atoms with van der Waals surface area (Å²) in [6, 6.07) is 6.03. The number of rotatable bonds is 4. The number of hydrogen-bond donors (Lipinski definition) is 2. The second-order valence-electron chi connectivity index (χ2n) is 3.80. The van der Waals surface area contributed by atoms with E-state index in [2.05, 4.69) is 10.3 Å². The van der Waals surface area contributed by atoms with Gasteiger partial charge in [0.25, 0.3) is 0 Å². The number of nitrogens with one attached hydrogen (secondary N) is 1. The summed E-state index contributed by atoms with van der Waals surface area (Å²) in [5.41, 5.74) is 8.83. The minimum Gasteiger partial charge on any atom is -0.398 e. The maximum absolute atomic E-state index is 5.83. The van der Waals surface area contributed by atoms with Gasteiger partial charge in [-0.1, -0.05) is 6.07 Å². The summed E-state index contributed by atoms with van der Waals surface area (Å²) in [7, 11) is 0. The lowest BCUT2D eigenvalue weighted by atomic mass is 10.2. The number of nitrogens with zero attached hydrogens (tertiary/aromatic N) is 2. The molecule has 4 heteroatoms. The van der Waals surface area contributed by atoms with Crippen LogP contribution in [0.4, 0.5) is 11.4 Å². The number of aryl methyl sites for hydroxylation is 1. The summed E-state index contributed by atoms with van der Waals surface area (Å²) >= 11 is 0. The van der Waals surface area contributed by atoms with Crippen molar-refractivity contribution >= 4 is 11.4 Å². The minimum atomic E-state index is 0.827. The summed E-state index contributed by atoms with van der Waals surface area (Å²) in [4.78, 5) is 3.99. The van der Waals surface area contributed by atoms with Crippen molar-refractivity contribution < 1.29 is 0 Å². The zero-order chi connectivity index (χ0) is 11.4. The van der Waals surface area contributed by atoms with Crippen LogP contribution in [-0.4, -0.2) is 16.1 Å². The summed E-state index contributed by atoms with van der Waals surface area (Å²) in [6.07, 6.45) is 5.54. The number of imidazole rings is 1. The lowest BCUT2D eigenvalue weighted by Crippen LogP contribution is -2.09. The van der Waals surface area contributed by atoms with Gasteiger partial charge in [-0.2, -0.15) is 0 Å². The van der Waals surface area contributed by atoms with Gasteiger partial charge in [-0.25, -0.2) is 4.98 Å². The molecule has 0 unspecified atom stereocenters. The van der Waals surface area contributed by atoms with Gasteiger partial charge < -0.3 is 15.6 Å². The molecule has 84 valence electrons. The van der Waals surface area contributed by atoms with E-state index in [1.165, 1.54) is 0 Å². The van der Waals surface area contributed by atoms with E-state index in [1.54, 1.807) is 6.20 Å². The normalized spacial score (nSPS) is 10.3. The first-order valence-electron chi connectivity index (χ1n) is 5.31. The highest BCUT2D eigenvalue weighted by molar-refractivity contribution is 5.58. The number of hydrogen-bond acceptors (Lipinski definition) is 3. The Kier molecular flexibility index (Phi) is 3.10. The fourth-order valence-corrected chi connectivity index (χ4v) is 1.50. The molecule has 2 rings (SSSR count). The largest absolute Gasteiger partial charge is 0.398 e. The molecule has 3 N–H and O–H groups in total. The van der Waals surface area contributed by atoms with Gasteiger partial charge in [0, 0.05) is 36.9 Å². The van der Waals surface area contributed by atoms with Gasteiger partial charge in [-0.15, -0.1) is 0 Å². The molecule has 0 aliphatic heterocycles. The molecule has 0 atom stereocenters. The van der Waals surface area contributed by atoms with E-state index in [-0.39, 0.29) is 0 Å².